The molecule has 28 heavy (non-hydrogen) atoms. The molecule has 0 aromatic heterocycles. The van der Waals surface area contributed by atoms with E-state index < -0.39 is 15.9 Å². The van der Waals surface area contributed by atoms with Crippen LogP contribution in [0.5, 0.6) is 0 Å². The van der Waals surface area contributed by atoms with Gasteiger partial charge in [-0.25, -0.2) is 8.42 Å². The van der Waals surface area contributed by atoms with Crippen LogP contribution < -0.4 is 5.32 Å². The number of piperidine rings is 1. The lowest BCUT2D eigenvalue weighted by Gasteiger charge is -2.31. The van der Waals surface area contributed by atoms with E-state index in [4.69, 9.17) is 28.5 Å². The summed E-state index contributed by atoms with van der Waals surface area (Å²) < 4.78 is 27.2. The van der Waals surface area contributed by atoms with Crippen LogP contribution in [0.4, 0.5) is 5.69 Å². The Morgan fingerprint density at radius 1 is 1.21 bits per heavy atom. The molecule has 0 aliphatic carbocycles. The molecule has 1 saturated heterocycles. The normalized spacial score (nSPS) is 17.7. The number of amides is 1. The van der Waals surface area contributed by atoms with E-state index in [-0.39, 0.29) is 27.4 Å². The van der Waals surface area contributed by atoms with Crippen LogP contribution in [0.2, 0.25) is 10.0 Å². The molecule has 2 aromatic carbocycles. The molecule has 0 bridgehead atoms. The summed E-state index contributed by atoms with van der Waals surface area (Å²) >= 11 is 12.0. The minimum Gasteiger partial charge on any atom is -0.326 e. The zero-order valence-corrected chi connectivity index (χ0v) is 17.1. The van der Waals surface area contributed by atoms with Gasteiger partial charge in [0.2, 0.25) is 15.9 Å². The summed E-state index contributed by atoms with van der Waals surface area (Å²) in [4.78, 5) is 12.6. The molecule has 2 aromatic rings. The first-order chi connectivity index (χ1) is 13.3. The third kappa shape index (κ3) is 4.47. The number of hydrogen-bond donors (Lipinski definition) is 1. The van der Waals surface area contributed by atoms with Crippen molar-refractivity contribution in [2.75, 3.05) is 18.4 Å². The van der Waals surface area contributed by atoms with E-state index >= 15 is 0 Å². The number of sulfonamides is 1. The van der Waals surface area contributed by atoms with Gasteiger partial charge in [-0.15, -0.1) is 0 Å². The topological polar surface area (TPSA) is 90.3 Å². The second-order valence-electron chi connectivity index (χ2n) is 6.46. The van der Waals surface area contributed by atoms with Crippen molar-refractivity contribution in [1.29, 1.82) is 5.26 Å². The molecule has 1 heterocycles. The number of nitrogens with one attached hydrogen (secondary N) is 1. The van der Waals surface area contributed by atoms with E-state index in [1.165, 1.54) is 22.5 Å². The van der Waals surface area contributed by atoms with Crippen LogP contribution in [0.25, 0.3) is 0 Å². The lowest BCUT2D eigenvalue weighted by atomic mass is 9.98. The van der Waals surface area contributed by atoms with E-state index in [1.807, 2.05) is 6.07 Å². The molecular weight excluding hydrogens is 421 g/mol. The highest BCUT2D eigenvalue weighted by atomic mass is 35.5. The Bertz CT molecular complexity index is 1050. The third-order valence-corrected chi connectivity index (χ3v) is 7.11. The van der Waals surface area contributed by atoms with Gasteiger partial charge in [0.25, 0.3) is 0 Å². The Balaban J connectivity index is 1.77. The van der Waals surface area contributed by atoms with Crippen LogP contribution in [0.3, 0.4) is 0 Å². The zero-order chi connectivity index (χ0) is 20.3. The third-order valence-electron chi connectivity index (χ3n) is 4.53. The first-order valence-electron chi connectivity index (χ1n) is 8.57. The monoisotopic (exact) mass is 437 g/mol. The van der Waals surface area contributed by atoms with Crippen LogP contribution in [0, 0.1) is 17.2 Å². The SMILES string of the molecule is N#Cc1cccc(NC(=O)[C@H]2CCCN(S(=O)(=O)c3cc(Cl)ccc3Cl)C2)c1. The van der Waals surface area contributed by atoms with Crippen LogP contribution in [0.1, 0.15) is 18.4 Å². The van der Waals surface area contributed by atoms with Crippen LogP contribution in [-0.2, 0) is 14.8 Å². The van der Waals surface area contributed by atoms with Crippen LogP contribution >= 0.6 is 23.2 Å². The second-order valence-corrected chi connectivity index (χ2v) is 9.21. The van der Waals surface area contributed by atoms with Crippen molar-refractivity contribution in [3.63, 3.8) is 0 Å². The molecule has 1 amide bonds. The molecular formula is C19H17Cl2N3O3S. The van der Waals surface area contributed by atoms with Crippen molar-refractivity contribution >= 4 is 44.8 Å². The van der Waals surface area contributed by atoms with Gasteiger partial charge in [-0.2, -0.15) is 9.57 Å². The maximum Gasteiger partial charge on any atom is 0.244 e. The quantitative estimate of drug-likeness (QED) is 0.784. The second kappa shape index (κ2) is 8.50. The van der Waals surface area contributed by atoms with E-state index in [0.717, 1.165) is 0 Å². The number of benzene rings is 2. The first-order valence-corrected chi connectivity index (χ1v) is 10.8. The average molecular weight is 438 g/mol. The molecule has 0 saturated carbocycles. The Morgan fingerprint density at radius 3 is 2.75 bits per heavy atom. The summed E-state index contributed by atoms with van der Waals surface area (Å²) in [6, 6.07) is 12.8. The van der Waals surface area contributed by atoms with Gasteiger partial charge in [0.15, 0.2) is 0 Å². The molecule has 0 unspecified atom stereocenters. The van der Waals surface area contributed by atoms with E-state index in [1.54, 1.807) is 24.3 Å². The number of carbonyl (C=O) groups is 1. The molecule has 0 spiro atoms. The smallest absolute Gasteiger partial charge is 0.244 e. The Hall–Kier alpha value is -2.11. The van der Waals surface area contributed by atoms with Crippen molar-refractivity contribution in [3.8, 4) is 6.07 Å². The number of anilines is 1. The fourth-order valence-corrected chi connectivity index (χ4v) is 5.36. The van der Waals surface area contributed by atoms with Crippen molar-refractivity contribution in [1.82, 2.24) is 4.31 Å². The predicted molar refractivity (Wildman–Crippen MR) is 108 cm³/mol. The molecule has 1 aliphatic rings. The van der Waals surface area contributed by atoms with Crippen molar-refractivity contribution in [2.45, 2.75) is 17.7 Å². The molecule has 3 rings (SSSR count). The van der Waals surface area contributed by atoms with Gasteiger partial charge in [-0.05, 0) is 49.2 Å². The zero-order valence-electron chi connectivity index (χ0n) is 14.7. The van der Waals surface area contributed by atoms with Gasteiger partial charge in [0, 0.05) is 23.8 Å². The number of nitriles is 1. The molecule has 6 nitrogen and oxygen atoms in total. The standard InChI is InChI=1S/C19H17Cl2N3O3S/c20-15-6-7-17(21)18(10-15)28(26,27)24-8-2-4-14(12-24)19(25)23-16-5-1-3-13(9-16)11-22/h1,3,5-7,9-10,14H,2,4,8,12H2,(H,23,25)/t14-/m0/s1. The van der Waals surface area contributed by atoms with E-state index in [2.05, 4.69) is 5.32 Å². The van der Waals surface area contributed by atoms with Gasteiger partial charge in [-0.1, -0.05) is 29.3 Å². The van der Waals surface area contributed by atoms with E-state index in [9.17, 15) is 13.2 Å². The number of halogens is 2. The molecule has 1 aliphatic heterocycles. The van der Waals surface area contributed by atoms with Crippen LogP contribution in [0.15, 0.2) is 47.4 Å². The minimum absolute atomic E-state index is 0.0505. The predicted octanol–water partition coefficient (Wildman–Crippen LogP) is 3.90. The summed E-state index contributed by atoms with van der Waals surface area (Å²) in [7, 11) is -3.87. The fraction of sp³-hybridized carbons (Fsp3) is 0.263. The van der Waals surface area contributed by atoms with Gasteiger partial charge in [0.05, 0.1) is 22.6 Å². The lowest BCUT2D eigenvalue weighted by Crippen LogP contribution is -2.43. The lowest BCUT2D eigenvalue weighted by molar-refractivity contribution is -0.120. The van der Waals surface area contributed by atoms with Gasteiger partial charge in [-0.3, -0.25) is 4.79 Å². The molecule has 1 N–H and O–H groups in total. The highest BCUT2D eigenvalue weighted by Crippen LogP contribution is 2.30. The molecule has 0 radical (unpaired) electrons. The maximum absolute atomic E-state index is 13.0. The summed E-state index contributed by atoms with van der Waals surface area (Å²) in [5.74, 6) is -0.792. The Morgan fingerprint density at radius 2 is 2.00 bits per heavy atom. The van der Waals surface area contributed by atoms with Crippen molar-refractivity contribution in [3.05, 3.63) is 58.1 Å². The highest BCUT2D eigenvalue weighted by molar-refractivity contribution is 7.89. The minimum atomic E-state index is -3.87. The first kappa shape index (κ1) is 20.6. The molecule has 1 atom stereocenters. The molecule has 9 heteroatoms. The van der Waals surface area contributed by atoms with Crippen molar-refractivity contribution < 1.29 is 13.2 Å². The summed E-state index contributed by atoms with van der Waals surface area (Å²) in [5.41, 5.74) is 0.933. The summed E-state index contributed by atoms with van der Waals surface area (Å²) in [5, 5.41) is 12.1. The summed E-state index contributed by atoms with van der Waals surface area (Å²) in [6.45, 7) is 0.355. The fourth-order valence-electron chi connectivity index (χ4n) is 3.10. The molecule has 1 fully saturated rings. The Kier molecular flexibility index (Phi) is 6.26. The van der Waals surface area contributed by atoms with Gasteiger partial charge >= 0.3 is 0 Å². The molecule has 146 valence electrons. The number of hydrogen-bond acceptors (Lipinski definition) is 4. The highest BCUT2D eigenvalue weighted by Gasteiger charge is 2.34. The number of nitrogens with zero attached hydrogens (tertiary/aromatic N) is 2. The average Bonchev–Trinajstić information content (AvgIpc) is 2.70. The Labute approximate surface area is 173 Å². The van der Waals surface area contributed by atoms with Gasteiger partial charge in [0.1, 0.15) is 4.90 Å². The summed E-state index contributed by atoms with van der Waals surface area (Å²) in [6.07, 6.45) is 1.12. The van der Waals surface area contributed by atoms with Crippen molar-refractivity contribution in [2.24, 2.45) is 5.92 Å². The van der Waals surface area contributed by atoms with Gasteiger partial charge < -0.3 is 5.32 Å². The largest absolute Gasteiger partial charge is 0.326 e. The van der Waals surface area contributed by atoms with E-state index in [0.29, 0.717) is 30.6 Å². The van der Waals surface area contributed by atoms with Crippen LogP contribution in [-0.4, -0.2) is 31.7 Å². The maximum atomic E-state index is 13.0. The number of rotatable bonds is 4. The number of carbonyl (C=O) groups excluding carboxylic acids is 1.